The van der Waals surface area contributed by atoms with Crippen LogP contribution in [0.5, 0.6) is 0 Å². The highest BCUT2D eigenvalue weighted by Gasteiger charge is 2.13. The van der Waals surface area contributed by atoms with Crippen LogP contribution >= 0.6 is 11.8 Å². The number of hydrogen-bond donors (Lipinski definition) is 2. The van der Waals surface area contributed by atoms with Gasteiger partial charge in [-0.3, -0.25) is 29.8 Å². The summed E-state index contributed by atoms with van der Waals surface area (Å²) in [5.74, 6) is -0.734. The van der Waals surface area contributed by atoms with E-state index in [9.17, 15) is 14.4 Å². The molecule has 0 saturated heterocycles. The third kappa shape index (κ3) is 4.73. The molecule has 7 nitrogen and oxygen atoms in total. The summed E-state index contributed by atoms with van der Waals surface area (Å²) in [6.45, 7) is 1.66. The minimum absolute atomic E-state index is 0.0137. The third-order valence-corrected chi connectivity index (χ3v) is 4.70. The van der Waals surface area contributed by atoms with E-state index in [1.807, 2.05) is 36.4 Å². The highest BCUT2D eigenvalue weighted by molar-refractivity contribution is 7.99. The molecular weight excluding hydrogens is 364 g/mol. The molecule has 0 saturated carbocycles. The lowest BCUT2D eigenvalue weighted by atomic mass is 10.2. The monoisotopic (exact) mass is 382 g/mol. The highest BCUT2D eigenvalue weighted by atomic mass is 32.2. The molecule has 0 fully saturated rings. The molecule has 0 atom stereocenters. The van der Waals surface area contributed by atoms with Crippen LogP contribution < -0.4 is 16.4 Å². The van der Waals surface area contributed by atoms with Gasteiger partial charge >= 0.3 is 0 Å². The largest absolute Gasteiger partial charge is 0.283 e. The topological polar surface area (TPSA) is 93.1 Å². The van der Waals surface area contributed by atoms with E-state index in [0.29, 0.717) is 22.6 Å². The zero-order chi connectivity index (χ0) is 19.2. The fourth-order valence-electron chi connectivity index (χ4n) is 2.49. The molecule has 3 rings (SSSR count). The van der Waals surface area contributed by atoms with E-state index in [2.05, 4.69) is 15.8 Å². The quantitative estimate of drug-likeness (QED) is 0.398. The number of thioether (sulfide) groups is 1. The lowest BCUT2D eigenvalue weighted by Gasteiger charge is -2.13. The van der Waals surface area contributed by atoms with Crippen LogP contribution in [0.2, 0.25) is 0 Å². The molecule has 1 aromatic heterocycles. The van der Waals surface area contributed by atoms with Gasteiger partial charge in [-0.2, -0.15) is 0 Å². The maximum atomic E-state index is 13.0. The maximum Gasteiger partial charge on any atom is 0.262 e. The minimum Gasteiger partial charge on any atom is -0.283 e. The van der Waals surface area contributed by atoms with Crippen LogP contribution in [-0.2, 0) is 16.1 Å². The summed E-state index contributed by atoms with van der Waals surface area (Å²) in [5.41, 5.74) is 5.92. The van der Waals surface area contributed by atoms with Gasteiger partial charge in [-0.15, -0.1) is 0 Å². The van der Waals surface area contributed by atoms with Crippen LogP contribution in [0.15, 0.2) is 64.5 Å². The Bertz CT molecular complexity index is 1030. The van der Waals surface area contributed by atoms with Crippen LogP contribution in [0, 0.1) is 0 Å². The fourth-order valence-corrected chi connectivity index (χ4v) is 3.29. The van der Waals surface area contributed by atoms with Crippen LogP contribution in [0.25, 0.3) is 10.9 Å². The van der Waals surface area contributed by atoms with E-state index < -0.39 is 0 Å². The predicted molar refractivity (Wildman–Crippen MR) is 104 cm³/mol. The average molecular weight is 382 g/mol. The van der Waals surface area contributed by atoms with Gasteiger partial charge in [0.05, 0.1) is 23.2 Å². The number of nitrogens with zero attached hydrogens (tertiary/aromatic N) is 2. The normalized spacial score (nSPS) is 10.6. The molecule has 0 aliphatic carbocycles. The van der Waals surface area contributed by atoms with Crippen molar-refractivity contribution in [1.29, 1.82) is 0 Å². The van der Waals surface area contributed by atoms with E-state index in [4.69, 9.17) is 0 Å². The average Bonchev–Trinajstić information content (AvgIpc) is 2.68. The number of aromatic nitrogens is 2. The molecule has 0 aliphatic heterocycles. The second-order valence-electron chi connectivity index (χ2n) is 5.81. The van der Waals surface area contributed by atoms with Crippen molar-refractivity contribution in [3.8, 4) is 0 Å². The summed E-state index contributed by atoms with van der Waals surface area (Å²) in [7, 11) is 0. The zero-order valence-electron chi connectivity index (χ0n) is 14.6. The Hall–Kier alpha value is -3.13. The number of hydrogen-bond acceptors (Lipinski definition) is 5. The van der Waals surface area contributed by atoms with Gasteiger partial charge in [0.2, 0.25) is 11.8 Å². The molecule has 0 bridgehead atoms. The molecule has 0 unspecified atom stereocenters. The Kier molecular flexibility index (Phi) is 5.87. The second kappa shape index (κ2) is 8.50. The standard InChI is InChI=1S/C19H18N4O3S/c1-13(24)21-22-17(25)12-27-19-20-16-10-6-5-9-15(16)18(26)23(19)11-14-7-3-2-4-8-14/h2-10H,11-12H2,1H3,(H,21,24)(H,22,25). The number of nitrogens with one attached hydrogen (secondary N) is 2. The van der Waals surface area contributed by atoms with Gasteiger partial charge < -0.3 is 0 Å². The van der Waals surface area contributed by atoms with E-state index in [0.717, 1.165) is 17.3 Å². The molecule has 0 spiro atoms. The first-order chi connectivity index (χ1) is 13.0. The van der Waals surface area contributed by atoms with Crippen molar-refractivity contribution in [2.75, 3.05) is 5.75 Å². The summed E-state index contributed by atoms with van der Waals surface area (Å²) in [6, 6.07) is 16.7. The Balaban J connectivity index is 1.92. The van der Waals surface area contributed by atoms with E-state index in [1.54, 1.807) is 22.8 Å². The molecule has 2 N–H and O–H groups in total. The first-order valence-electron chi connectivity index (χ1n) is 8.26. The maximum absolute atomic E-state index is 13.0. The lowest BCUT2D eigenvalue weighted by Crippen LogP contribution is -2.41. The highest BCUT2D eigenvalue weighted by Crippen LogP contribution is 2.18. The van der Waals surface area contributed by atoms with Gasteiger partial charge in [0.1, 0.15) is 0 Å². The molecule has 0 radical (unpaired) electrons. The second-order valence-corrected chi connectivity index (χ2v) is 6.75. The molecule has 1 heterocycles. The van der Waals surface area contributed by atoms with Gasteiger partial charge in [0.15, 0.2) is 5.16 Å². The van der Waals surface area contributed by atoms with E-state index >= 15 is 0 Å². The van der Waals surface area contributed by atoms with Gasteiger partial charge in [-0.25, -0.2) is 4.98 Å². The predicted octanol–water partition coefficient (Wildman–Crippen LogP) is 1.70. The molecule has 3 aromatic rings. The molecular formula is C19H18N4O3S. The van der Waals surface area contributed by atoms with Crippen LogP contribution in [0.1, 0.15) is 12.5 Å². The summed E-state index contributed by atoms with van der Waals surface area (Å²) in [5, 5.41) is 0.973. The van der Waals surface area contributed by atoms with Gasteiger partial charge in [-0.05, 0) is 17.7 Å². The van der Waals surface area contributed by atoms with Crippen molar-refractivity contribution in [3.05, 3.63) is 70.5 Å². The van der Waals surface area contributed by atoms with Gasteiger partial charge in [-0.1, -0.05) is 54.2 Å². The van der Waals surface area contributed by atoms with Crippen molar-refractivity contribution in [3.63, 3.8) is 0 Å². The summed E-state index contributed by atoms with van der Waals surface area (Å²) >= 11 is 1.14. The van der Waals surface area contributed by atoms with Crippen molar-refractivity contribution in [2.24, 2.45) is 0 Å². The Labute approximate surface area is 159 Å². The van der Waals surface area contributed by atoms with Crippen LogP contribution in [0.4, 0.5) is 0 Å². The van der Waals surface area contributed by atoms with Crippen LogP contribution in [-0.4, -0.2) is 27.1 Å². The smallest absolute Gasteiger partial charge is 0.262 e. The number of benzene rings is 2. The Morgan fingerprint density at radius 2 is 1.74 bits per heavy atom. The van der Waals surface area contributed by atoms with Crippen molar-refractivity contribution in [2.45, 2.75) is 18.6 Å². The number of fused-ring (bicyclic) bond motifs is 1. The number of rotatable bonds is 5. The SMILES string of the molecule is CC(=O)NNC(=O)CSc1nc2ccccc2c(=O)n1Cc1ccccc1. The van der Waals surface area contributed by atoms with Crippen molar-refractivity contribution in [1.82, 2.24) is 20.4 Å². The molecule has 138 valence electrons. The number of hydrazine groups is 1. The van der Waals surface area contributed by atoms with E-state index in [1.165, 1.54) is 6.92 Å². The molecule has 2 aromatic carbocycles. The van der Waals surface area contributed by atoms with E-state index in [-0.39, 0.29) is 23.1 Å². The summed E-state index contributed by atoms with van der Waals surface area (Å²) < 4.78 is 1.56. The Morgan fingerprint density at radius 3 is 2.48 bits per heavy atom. The molecule has 8 heteroatoms. The first-order valence-corrected chi connectivity index (χ1v) is 9.25. The summed E-state index contributed by atoms with van der Waals surface area (Å²) in [4.78, 5) is 40.3. The molecule has 0 aliphatic rings. The van der Waals surface area contributed by atoms with Gasteiger partial charge in [0.25, 0.3) is 5.56 Å². The van der Waals surface area contributed by atoms with Crippen molar-refractivity contribution >= 4 is 34.5 Å². The summed E-state index contributed by atoms with van der Waals surface area (Å²) in [6.07, 6.45) is 0. The van der Waals surface area contributed by atoms with Crippen molar-refractivity contribution < 1.29 is 9.59 Å². The Morgan fingerprint density at radius 1 is 1.04 bits per heavy atom. The van der Waals surface area contributed by atoms with Crippen LogP contribution in [0.3, 0.4) is 0 Å². The third-order valence-electron chi connectivity index (χ3n) is 3.72. The number of amides is 2. The number of para-hydroxylation sites is 1. The lowest BCUT2D eigenvalue weighted by molar-refractivity contribution is -0.126. The molecule has 2 amide bonds. The zero-order valence-corrected chi connectivity index (χ0v) is 15.5. The molecule has 27 heavy (non-hydrogen) atoms. The number of carbonyl (C=O) groups is 2. The minimum atomic E-state index is -0.385. The first kappa shape index (κ1) is 18.7. The fraction of sp³-hybridized carbons (Fsp3) is 0.158. The number of carbonyl (C=O) groups excluding carboxylic acids is 2. The van der Waals surface area contributed by atoms with Gasteiger partial charge in [0, 0.05) is 6.92 Å².